The number of aromatic nitrogens is 3. The Hall–Kier alpha value is -3.66. The van der Waals surface area contributed by atoms with Gasteiger partial charge < -0.3 is 10.5 Å². The molecule has 0 saturated carbocycles. The van der Waals surface area contributed by atoms with Crippen molar-refractivity contribution in [1.29, 1.82) is 0 Å². The first kappa shape index (κ1) is 22.0. The first-order valence-electron chi connectivity index (χ1n) is 9.29. The van der Waals surface area contributed by atoms with E-state index in [9.17, 15) is 14.4 Å². The molecule has 4 N–H and O–H groups in total. The van der Waals surface area contributed by atoms with E-state index in [0.717, 1.165) is 11.3 Å². The van der Waals surface area contributed by atoms with Gasteiger partial charge in [0.1, 0.15) is 11.3 Å². The van der Waals surface area contributed by atoms with E-state index in [1.807, 2.05) is 6.92 Å². The number of aryl methyl sites for hydroxylation is 2. The second-order valence-corrected chi connectivity index (χ2v) is 7.20. The van der Waals surface area contributed by atoms with Crippen LogP contribution >= 0.6 is 11.6 Å². The second-order valence-electron chi connectivity index (χ2n) is 6.77. The zero-order chi connectivity index (χ0) is 22.7. The molecule has 0 unspecified atom stereocenters. The quantitative estimate of drug-likeness (QED) is 0.492. The molecule has 3 rings (SSSR count). The van der Waals surface area contributed by atoms with Crippen molar-refractivity contribution in [2.45, 2.75) is 26.7 Å². The fourth-order valence-electron chi connectivity index (χ4n) is 3.19. The Morgan fingerprint density at radius 1 is 1.19 bits per heavy atom. The molecule has 3 aromatic rings. The van der Waals surface area contributed by atoms with Gasteiger partial charge in [-0.1, -0.05) is 11.6 Å². The van der Waals surface area contributed by atoms with Crippen LogP contribution in [0, 0.1) is 13.8 Å². The third-order valence-corrected chi connectivity index (χ3v) is 5.03. The molecular weight excluding hydrogens is 424 g/mol. The Labute approximate surface area is 182 Å². The highest BCUT2D eigenvalue weighted by Gasteiger charge is 2.18. The highest BCUT2D eigenvalue weighted by molar-refractivity contribution is 6.30. The molecule has 0 aliphatic rings. The van der Waals surface area contributed by atoms with E-state index >= 15 is 0 Å². The molecule has 162 valence electrons. The van der Waals surface area contributed by atoms with Crippen molar-refractivity contribution in [3.63, 3.8) is 0 Å². The second kappa shape index (κ2) is 9.00. The van der Waals surface area contributed by atoms with Crippen molar-refractivity contribution < 1.29 is 19.1 Å². The molecule has 3 amide bonds. The average molecular weight is 445 g/mol. The Morgan fingerprint density at radius 3 is 2.61 bits per heavy atom. The van der Waals surface area contributed by atoms with Crippen molar-refractivity contribution in [3.8, 4) is 5.75 Å². The minimum absolute atomic E-state index is 0.0941. The highest BCUT2D eigenvalue weighted by Crippen LogP contribution is 2.23. The number of carbonyl (C=O) groups excluding carboxylic acids is 3. The summed E-state index contributed by atoms with van der Waals surface area (Å²) in [7, 11) is 1.42. The lowest BCUT2D eigenvalue weighted by molar-refractivity contribution is -0.121. The van der Waals surface area contributed by atoms with Crippen molar-refractivity contribution in [2.24, 2.45) is 5.73 Å². The van der Waals surface area contributed by atoms with Crippen LogP contribution in [0.1, 0.15) is 44.1 Å². The lowest BCUT2D eigenvalue weighted by atomic mass is 10.1. The molecule has 0 fully saturated rings. The molecular formula is C20H21ClN6O4. The fourth-order valence-corrected chi connectivity index (χ4v) is 3.36. The van der Waals surface area contributed by atoms with E-state index in [4.69, 9.17) is 22.1 Å². The molecule has 0 atom stereocenters. The summed E-state index contributed by atoms with van der Waals surface area (Å²) in [5.74, 6) is -1.24. The van der Waals surface area contributed by atoms with E-state index in [-0.39, 0.29) is 17.5 Å². The van der Waals surface area contributed by atoms with Gasteiger partial charge >= 0.3 is 0 Å². The maximum Gasteiger partial charge on any atom is 0.273 e. The van der Waals surface area contributed by atoms with Crippen molar-refractivity contribution in [1.82, 2.24) is 25.4 Å². The maximum atomic E-state index is 12.3. The SMILES string of the molecule is COc1cc(Cl)ccc1C(=O)NNC(=O)CCc1c(C)nc2c(C(N)=O)cnn2c1C. The van der Waals surface area contributed by atoms with Gasteiger partial charge in [0.25, 0.3) is 11.8 Å². The van der Waals surface area contributed by atoms with Crippen LogP contribution in [0.15, 0.2) is 24.4 Å². The number of nitrogens with zero attached hydrogens (tertiary/aromatic N) is 3. The number of fused-ring (bicyclic) bond motifs is 1. The molecule has 10 nitrogen and oxygen atoms in total. The number of rotatable bonds is 6. The zero-order valence-corrected chi connectivity index (χ0v) is 17.9. The number of hydrogen-bond donors (Lipinski definition) is 3. The largest absolute Gasteiger partial charge is 0.496 e. The van der Waals surface area contributed by atoms with Gasteiger partial charge in [0.15, 0.2) is 5.65 Å². The van der Waals surface area contributed by atoms with Crippen LogP contribution in [0.4, 0.5) is 0 Å². The summed E-state index contributed by atoms with van der Waals surface area (Å²) in [6, 6.07) is 4.56. The van der Waals surface area contributed by atoms with Crippen LogP contribution in [-0.2, 0) is 11.2 Å². The summed E-state index contributed by atoms with van der Waals surface area (Å²) < 4.78 is 6.66. The van der Waals surface area contributed by atoms with Gasteiger partial charge in [-0.15, -0.1) is 0 Å². The summed E-state index contributed by atoms with van der Waals surface area (Å²) >= 11 is 5.89. The van der Waals surface area contributed by atoms with Crippen LogP contribution in [0.25, 0.3) is 5.65 Å². The first-order valence-corrected chi connectivity index (χ1v) is 9.67. The number of nitrogens with one attached hydrogen (secondary N) is 2. The molecule has 0 saturated heterocycles. The van der Waals surface area contributed by atoms with E-state index in [1.54, 1.807) is 13.0 Å². The molecule has 11 heteroatoms. The predicted octanol–water partition coefficient (Wildman–Crippen LogP) is 1.50. The van der Waals surface area contributed by atoms with Crippen LogP contribution in [0.5, 0.6) is 5.75 Å². The lowest BCUT2D eigenvalue weighted by Crippen LogP contribution is -2.41. The van der Waals surface area contributed by atoms with Crippen molar-refractivity contribution in [3.05, 3.63) is 57.5 Å². The minimum atomic E-state index is -0.610. The molecule has 2 heterocycles. The van der Waals surface area contributed by atoms with E-state index in [1.165, 1.54) is 30.0 Å². The van der Waals surface area contributed by atoms with Crippen LogP contribution < -0.4 is 21.3 Å². The number of halogens is 1. The van der Waals surface area contributed by atoms with Crippen LogP contribution in [0.3, 0.4) is 0 Å². The third kappa shape index (κ3) is 4.58. The van der Waals surface area contributed by atoms with Gasteiger partial charge in [0.05, 0.1) is 18.9 Å². The van der Waals surface area contributed by atoms with Gasteiger partial charge in [-0.3, -0.25) is 25.2 Å². The minimum Gasteiger partial charge on any atom is -0.496 e. The summed E-state index contributed by atoms with van der Waals surface area (Å²) in [6.45, 7) is 3.61. The van der Waals surface area contributed by atoms with Crippen LogP contribution in [0.2, 0.25) is 5.02 Å². The maximum absolute atomic E-state index is 12.3. The molecule has 0 radical (unpaired) electrons. The van der Waals surface area contributed by atoms with Gasteiger partial charge in [-0.25, -0.2) is 9.50 Å². The monoisotopic (exact) mass is 444 g/mol. The number of ether oxygens (including phenoxy) is 1. The molecule has 0 aliphatic heterocycles. The number of methoxy groups -OCH3 is 1. The average Bonchev–Trinajstić information content (AvgIpc) is 3.15. The molecule has 0 spiro atoms. The number of amides is 3. The smallest absolute Gasteiger partial charge is 0.273 e. The van der Waals surface area contributed by atoms with Crippen molar-refractivity contribution >= 4 is 35.0 Å². The summed E-state index contributed by atoms with van der Waals surface area (Å²) in [5.41, 5.74) is 13.2. The molecule has 1 aromatic carbocycles. The van der Waals surface area contributed by atoms with Gasteiger partial charge in [-0.2, -0.15) is 5.10 Å². The third-order valence-electron chi connectivity index (χ3n) is 4.80. The predicted molar refractivity (Wildman–Crippen MR) is 113 cm³/mol. The molecule has 31 heavy (non-hydrogen) atoms. The number of benzene rings is 1. The Morgan fingerprint density at radius 2 is 1.94 bits per heavy atom. The number of hydrogen-bond acceptors (Lipinski definition) is 6. The first-order chi connectivity index (χ1) is 14.7. The summed E-state index contributed by atoms with van der Waals surface area (Å²) in [4.78, 5) is 40.5. The van der Waals surface area contributed by atoms with E-state index in [0.29, 0.717) is 28.5 Å². The Balaban J connectivity index is 1.65. The number of nitrogens with two attached hydrogens (primary N) is 1. The fraction of sp³-hybridized carbons (Fsp3) is 0.250. The summed E-state index contributed by atoms with van der Waals surface area (Å²) in [5, 5.41) is 4.58. The standard InChI is InChI=1S/C20H21ClN6O4/c1-10-13(11(2)27-19(24-10)15(9-23-27)18(22)29)6-7-17(28)25-26-20(30)14-5-4-12(21)8-16(14)31-3/h4-5,8-9H,6-7H2,1-3H3,(H2,22,29)(H,25,28)(H,26,30). The number of hydrazine groups is 1. The Kier molecular flexibility index (Phi) is 6.40. The normalized spacial score (nSPS) is 10.7. The molecule has 0 bridgehead atoms. The zero-order valence-electron chi connectivity index (χ0n) is 17.2. The lowest BCUT2D eigenvalue weighted by Gasteiger charge is -2.12. The van der Waals surface area contributed by atoms with E-state index < -0.39 is 17.7 Å². The summed E-state index contributed by atoms with van der Waals surface area (Å²) in [6.07, 6.45) is 1.82. The highest BCUT2D eigenvalue weighted by atomic mass is 35.5. The van der Waals surface area contributed by atoms with Gasteiger partial charge in [-0.05, 0) is 44.0 Å². The van der Waals surface area contributed by atoms with Crippen LogP contribution in [-0.4, -0.2) is 39.4 Å². The van der Waals surface area contributed by atoms with Crippen molar-refractivity contribution in [2.75, 3.05) is 7.11 Å². The number of primary amides is 1. The van der Waals surface area contributed by atoms with E-state index in [2.05, 4.69) is 20.9 Å². The molecule has 2 aromatic heterocycles. The topological polar surface area (TPSA) is 141 Å². The Bertz CT molecular complexity index is 1190. The van der Waals surface area contributed by atoms with Gasteiger partial charge in [0.2, 0.25) is 5.91 Å². The van der Waals surface area contributed by atoms with Gasteiger partial charge in [0, 0.05) is 22.8 Å². The number of carbonyl (C=O) groups is 3. The molecule has 0 aliphatic carbocycles.